The normalized spacial score (nSPS) is 11.4. The average Bonchev–Trinajstić information content (AvgIpc) is 2.84. The van der Waals surface area contributed by atoms with E-state index in [1.54, 1.807) is 0 Å². The lowest BCUT2D eigenvalue weighted by Crippen LogP contribution is -2.07. The van der Waals surface area contributed by atoms with Crippen LogP contribution < -0.4 is 5.73 Å². The Bertz CT molecular complexity index is 744. The molecule has 0 radical (unpaired) electrons. The van der Waals surface area contributed by atoms with Gasteiger partial charge < -0.3 is 10.3 Å². The van der Waals surface area contributed by atoms with Crippen LogP contribution >= 0.6 is 0 Å². The second-order valence-corrected chi connectivity index (χ2v) is 5.63. The minimum atomic E-state index is 0.385. The third-order valence-corrected chi connectivity index (χ3v) is 3.69. The van der Waals surface area contributed by atoms with Crippen molar-refractivity contribution in [3.05, 3.63) is 54.1 Å². The van der Waals surface area contributed by atoms with Gasteiger partial charge in [-0.3, -0.25) is 4.98 Å². The molecule has 0 bridgehead atoms. The monoisotopic (exact) mass is 280 g/mol. The van der Waals surface area contributed by atoms with Gasteiger partial charge in [-0.2, -0.15) is 0 Å². The number of imidazole rings is 1. The van der Waals surface area contributed by atoms with Gasteiger partial charge >= 0.3 is 0 Å². The Morgan fingerprint density at radius 1 is 1.14 bits per heavy atom. The first-order chi connectivity index (χ1) is 10.1. The molecule has 0 aliphatic heterocycles. The number of nitrogens with two attached hydrogens (primary N) is 1. The summed E-state index contributed by atoms with van der Waals surface area (Å²) in [5.41, 5.74) is 10.1. The van der Waals surface area contributed by atoms with Crippen LogP contribution in [0.15, 0.2) is 42.7 Å². The number of hydrogen-bond acceptors (Lipinski definition) is 3. The molecule has 4 nitrogen and oxygen atoms in total. The Morgan fingerprint density at radius 3 is 2.62 bits per heavy atom. The smallest absolute Gasteiger partial charge is 0.112 e. The zero-order valence-corrected chi connectivity index (χ0v) is 12.5. The standard InChI is InChI=1S/C17H20N4/c1-12(2)17-20-15-11-14(18)3-4-16(15)21(17)10-7-13-5-8-19-9-6-13/h3-6,8-9,11-12H,7,10,18H2,1-2H3. The molecule has 1 aromatic carbocycles. The number of aryl methyl sites for hydroxylation is 2. The topological polar surface area (TPSA) is 56.7 Å². The Hall–Kier alpha value is -2.36. The summed E-state index contributed by atoms with van der Waals surface area (Å²) in [5, 5.41) is 0. The van der Waals surface area contributed by atoms with Gasteiger partial charge in [0.1, 0.15) is 5.82 Å². The van der Waals surface area contributed by atoms with Gasteiger partial charge in [-0.1, -0.05) is 13.8 Å². The van der Waals surface area contributed by atoms with Crippen molar-refractivity contribution < 1.29 is 0 Å². The van der Waals surface area contributed by atoms with Gasteiger partial charge in [0.05, 0.1) is 11.0 Å². The van der Waals surface area contributed by atoms with Crippen LogP contribution in [0.4, 0.5) is 5.69 Å². The highest BCUT2D eigenvalue weighted by Gasteiger charge is 2.13. The molecule has 2 N–H and O–H groups in total. The molecular weight excluding hydrogens is 260 g/mol. The molecular formula is C17H20N4. The number of hydrogen-bond donors (Lipinski definition) is 1. The number of fused-ring (bicyclic) bond motifs is 1. The van der Waals surface area contributed by atoms with Crippen LogP contribution in [-0.4, -0.2) is 14.5 Å². The van der Waals surface area contributed by atoms with Gasteiger partial charge in [-0.15, -0.1) is 0 Å². The summed E-state index contributed by atoms with van der Waals surface area (Å²) < 4.78 is 2.31. The van der Waals surface area contributed by atoms with Crippen LogP contribution in [0, 0.1) is 0 Å². The second kappa shape index (κ2) is 5.56. The number of aromatic nitrogens is 3. The highest BCUT2D eigenvalue weighted by molar-refractivity contribution is 5.79. The van der Waals surface area contributed by atoms with Crippen LogP contribution in [0.2, 0.25) is 0 Å². The summed E-state index contributed by atoms with van der Waals surface area (Å²) in [6, 6.07) is 10.1. The van der Waals surface area contributed by atoms with E-state index >= 15 is 0 Å². The van der Waals surface area contributed by atoms with Crippen LogP contribution in [0.1, 0.15) is 31.2 Å². The number of nitrogen functional groups attached to an aromatic ring is 1. The van der Waals surface area contributed by atoms with Crippen molar-refractivity contribution in [2.75, 3.05) is 5.73 Å². The molecule has 0 aliphatic rings. The minimum Gasteiger partial charge on any atom is -0.399 e. The summed E-state index contributed by atoms with van der Waals surface area (Å²) in [7, 11) is 0. The van der Waals surface area contributed by atoms with E-state index in [9.17, 15) is 0 Å². The van der Waals surface area contributed by atoms with Gasteiger partial charge in [0.2, 0.25) is 0 Å². The van der Waals surface area contributed by atoms with Crippen LogP contribution in [-0.2, 0) is 13.0 Å². The van der Waals surface area contributed by atoms with E-state index in [1.165, 1.54) is 5.56 Å². The maximum absolute atomic E-state index is 5.87. The molecule has 0 unspecified atom stereocenters. The minimum absolute atomic E-state index is 0.385. The predicted octanol–water partition coefficient (Wildman–Crippen LogP) is 3.38. The molecule has 3 aromatic rings. The van der Waals surface area contributed by atoms with Gasteiger partial charge in [-0.05, 0) is 42.3 Å². The number of rotatable bonds is 4. The lowest BCUT2D eigenvalue weighted by molar-refractivity contribution is 0.634. The molecule has 0 atom stereocenters. The molecule has 2 aromatic heterocycles. The van der Waals surface area contributed by atoms with E-state index in [0.717, 1.165) is 35.5 Å². The van der Waals surface area contributed by atoms with Gasteiger partial charge in [0.25, 0.3) is 0 Å². The molecule has 3 rings (SSSR count). The van der Waals surface area contributed by atoms with E-state index in [0.29, 0.717) is 5.92 Å². The lowest BCUT2D eigenvalue weighted by Gasteiger charge is -2.11. The van der Waals surface area contributed by atoms with Crippen LogP contribution in [0.25, 0.3) is 11.0 Å². The predicted molar refractivity (Wildman–Crippen MR) is 86.2 cm³/mol. The summed E-state index contributed by atoms with van der Waals surface area (Å²) in [6.45, 7) is 5.26. The Morgan fingerprint density at radius 2 is 1.90 bits per heavy atom. The van der Waals surface area contributed by atoms with Crippen molar-refractivity contribution in [1.29, 1.82) is 0 Å². The molecule has 0 saturated carbocycles. The summed E-state index contributed by atoms with van der Waals surface area (Å²) in [6.07, 6.45) is 4.65. The third-order valence-electron chi connectivity index (χ3n) is 3.69. The summed E-state index contributed by atoms with van der Waals surface area (Å²) in [5.74, 6) is 1.50. The van der Waals surface area contributed by atoms with Crippen LogP contribution in [0.5, 0.6) is 0 Å². The molecule has 2 heterocycles. The van der Waals surface area contributed by atoms with Crippen molar-refractivity contribution in [2.45, 2.75) is 32.7 Å². The van der Waals surface area contributed by atoms with E-state index in [-0.39, 0.29) is 0 Å². The molecule has 0 fully saturated rings. The molecule has 0 aliphatic carbocycles. The van der Waals surface area contributed by atoms with Crippen molar-refractivity contribution in [2.24, 2.45) is 0 Å². The first-order valence-corrected chi connectivity index (χ1v) is 7.29. The molecule has 0 saturated heterocycles. The van der Waals surface area contributed by atoms with E-state index < -0.39 is 0 Å². The largest absolute Gasteiger partial charge is 0.399 e. The molecule has 21 heavy (non-hydrogen) atoms. The first-order valence-electron chi connectivity index (χ1n) is 7.29. The average molecular weight is 280 g/mol. The fraction of sp³-hybridized carbons (Fsp3) is 0.294. The Labute approximate surface area is 124 Å². The Kier molecular flexibility index (Phi) is 3.60. The summed E-state index contributed by atoms with van der Waals surface area (Å²) in [4.78, 5) is 8.82. The number of benzene rings is 1. The Balaban J connectivity index is 1.97. The summed E-state index contributed by atoms with van der Waals surface area (Å²) >= 11 is 0. The maximum atomic E-state index is 5.87. The second-order valence-electron chi connectivity index (χ2n) is 5.63. The number of nitrogens with zero attached hydrogens (tertiary/aromatic N) is 3. The number of pyridine rings is 1. The zero-order valence-electron chi connectivity index (χ0n) is 12.5. The van der Waals surface area contributed by atoms with Crippen molar-refractivity contribution in [3.63, 3.8) is 0 Å². The quantitative estimate of drug-likeness (QED) is 0.745. The number of anilines is 1. The third kappa shape index (κ3) is 2.75. The first kappa shape index (κ1) is 13.6. The zero-order chi connectivity index (χ0) is 14.8. The molecule has 0 spiro atoms. The fourth-order valence-electron chi connectivity index (χ4n) is 2.63. The van der Waals surface area contributed by atoms with E-state index in [2.05, 4.69) is 41.6 Å². The van der Waals surface area contributed by atoms with Gasteiger partial charge in [0.15, 0.2) is 0 Å². The van der Waals surface area contributed by atoms with E-state index in [4.69, 9.17) is 10.7 Å². The lowest BCUT2D eigenvalue weighted by atomic mass is 10.1. The highest BCUT2D eigenvalue weighted by Crippen LogP contribution is 2.24. The van der Waals surface area contributed by atoms with Crippen molar-refractivity contribution >= 4 is 16.7 Å². The van der Waals surface area contributed by atoms with Crippen LogP contribution in [0.3, 0.4) is 0 Å². The van der Waals surface area contributed by atoms with Crippen molar-refractivity contribution in [3.8, 4) is 0 Å². The fourth-order valence-corrected chi connectivity index (χ4v) is 2.63. The van der Waals surface area contributed by atoms with Gasteiger partial charge in [-0.25, -0.2) is 4.98 Å². The van der Waals surface area contributed by atoms with Gasteiger partial charge in [0, 0.05) is 30.5 Å². The van der Waals surface area contributed by atoms with E-state index in [1.807, 2.05) is 24.5 Å². The molecule has 4 heteroatoms. The highest BCUT2D eigenvalue weighted by atomic mass is 15.1. The van der Waals surface area contributed by atoms with Crippen molar-refractivity contribution in [1.82, 2.24) is 14.5 Å². The molecule has 0 amide bonds. The molecule has 108 valence electrons. The SMILES string of the molecule is CC(C)c1nc2cc(N)ccc2n1CCc1ccncc1. The maximum Gasteiger partial charge on any atom is 0.112 e.